The highest BCUT2D eigenvalue weighted by Gasteiger charge is 2.29. The summed E-state index contributed by atoms with van der Waals surface area (Å²) in [4.78, 5) is 42.0. The van der Waals surface area contributed by atoms with E-state index in [2.05, 4.69) is 10.3 Å². The molecule has 3 aromatic rings. The fourth-order valence-corrected chi connectivity index (χ4v) is 3.92. The van der Waals surface area contributed by atoms with E-state index >= 15 is 0 Å². The lowest BCUT2D eigenvalue weighted by Crippen LogP contribution is -2.40. The van der Waals surface area contributed by atoms with E-state index in [1.807, 2.05) is 6.07 Å². The Morgan fingerprint density at radius 2 is 2.00 bits per heavy atom. The molecule has 2 aromatic heterocycles. The van der Waals surface area contributed by atoms with Crippen LogP contribution in [-0.2, 0) is 9.53 Å². The Labute approximate surface area is 161 Å². The van der Waals surface area contributed by atoms with E-state index in [1.54, 1.807) is 36.5 Å². The average molecular weight is 379 g/mol. The van der Waals surface area contributed by atoms with Crippen LogP contribution in [0.25, 0.3) is 16.6 Å². The van der Waals surface area contributed by atoms with Crippen molar-refractivity contribution in [2.24, 2.45) is 5.92 Å². The molecule has 1 amide bonds. The third-order valence-electron chi connectivity index (χ3n) is 5.34. The lowest BCUT2D eigenvalue weighted by molar-refractivity contribution is -0.146. The molecule has 0 radical (unpaired) electrons. The number of methoxy groups -OCH3 is 1. The number of aromatic nitrogens is 2. The minimum absolute atomic E-state index is 0.113. The number of hydrogen-bond acceptors (Lipinski definition) is 5. The normalized spacial score (nSPS) is 19.5. The smallest absolute Gasteiger partial charge is 0.308 e. The summed E-state index contributed by atoms with van der Waals surface area (Å²) in [6, 6.07) is 10.3. The van der Waals surface area contributed by atoms with Gasteiger partial charge in [0.15, 0.2) is 5.65 Å². The van der Waals surface area contributed by atoms with E-state index in [-0.39, 0.29) is 29.4 Å². The number of carbonyl (C=O) groups excluding carboxylic acids is 2. The number of nitrogens with one attached hydrogen (secondary N) is 1. The summed E-state index contributed by atoms with van der Waals surface area (Å²) >= 11 is 0. The highest BCUT2D eigenvalue weighted by molar-refractivity contribution is 6.00. The van der Waals surface area contributed by atoms with Gasteiger partial charge in [0.25, 0.3) is 11.5 Å². The van der Waals surface area contributed by atoms with Crippen LogP contribution in [0.2, 0.25) is 0 Å². The van der Waals surface area contributed by atoms with Crippen molar-refractivity contribution in [3.8, 4) is 0 Å². The zero-order chi connectivity index (χ0) is 19.7. The summed E-state index contributed by atoms with van der Waals surface area (Å²) in [5.74, 6) is -0.721. The first-order valence-electron chi connectivity index (χ1n) is 9.37. The topological polar surface area (TPSA) is 89.8 Å². The number of carbonyl (C=O) groups is 2. The van der Waals surface area contributed by atoms with Crippen molar-refractivity contribution in [3.63, 3.8) is 0 Å². The molecule has 0 saturated heterocycles. The first kappa shape index (κ1) is 18.2. The number of pyridine rings is 1. The SMILES string of the molecule is COC(=O)C1CCCC(NC(=O)c2cccn3c(=O)c4ccccc4nc23)C1. The van der Waals surface area contributed by atoms with Crippen molar-refractivity contribution in [1.82, 2.24) is 14.7 Å². The number of amides is 1. The molecule has 7 nitrogen and oxygen atoms in total. The lowest BCUT2D eigenvalue weighted by Gasteiger charge is -2.28. The number of nitrogens with zero attached hydrogens (tertiary/aromatic N) is 2. The molecule has 1 aliphatic rings. The summed E-state index contributed by atoms with van der Waals surface area (Å²) < 4.78 is 6.24. The molecule has 2 unspecified atom stereocenters. The van der Waals surface area contributed by atoms with Crippen LogP contribution in [0.4, 0.5) is 0 Å². The third kappa shape index (κ3) is 3.24. The summed E-state index contributed by atoms with van der Waals surface area (Å²) in [6.45, 7) is 0. The summed E-state index contributed by atoms with van der Waals surface area (Å²) in [6.07, 6.45) is 4.60. The Balaban J connectivity index is 1.66. The van der Waals surface area contributed by atoms with Crippen molar-refractivity contribution < 1.29 is 14.3 Å². The molecule has 4 rings (SSSR count). The molecule has 7 heteroatoms. The maximum Gasteiger partial charge on any atom is 0.308 e. The van der Waals surface area contributed by atoms with E-state index < -0.39 is 0 Å². The first-order valence-corrected chi connectivity index (χ1v) is 9.37. The number of ether oxygens (including phenoxy) is 1. The Hall–Kier alpha value is -3.22. The van der Waals surface area contributed by atoms with Gasteiger partial charge < -0.3 is 10.1 Å². The van der Waals surface area contributed by atoms with Crippen molar-refractivity contribution in [2.45, 2.75) is 31.7 Å². The van der Waals surface area contributed by atoms with Crippen LogP contribution in [0.3, 0.4) is 0 Å². The second kappa shape index (κ2) is 7.42. The molecule has 0 aliphatic heterocycles. The molecular formula is C21H21N3O4. The van der Waals surface area contributed by atoms with Gasteiger partial charge in [-0.3, -0.25) is 18.8 Å². The van der Waals surface area contributed by atoms with Crippen molar-refractivity contribution in [2.75, 3.05) is 7.11 Å². The maximum atomic E-state index is 12.9. The van der Waals surface area contributed by atoms with Gasteiger partial charge >= 0.3 is 5.97 Å². The Kier molecular flexibility index (Phi) is 4.81. The third-order valence-corrected chi connectivity index (χ3v) is 5.34. The van der Waals surface area contributed by atoms with Gasteiger partial charge in [-0.05, 0) is 43.5 Å². The van der Waals surface area contributed by atoms with Gasteiger partial charge in [-0.2, -0.15) is 0 Å². The molecule has 28 heavy (non-hydrogen) atoms. The fourth-order valence-electron chi connectivity index (χ4n) is 3.92. The molecule has 0 bridgehead atoms. The van der Waals surface area contributed by atoms with Crippen LogP contribution in [0.15, 0.2) is 47.4 Å². The average Bonchev–Trinajstić information content (AvgIpc) is 2.73. The van der Waals surface area contributed by atoms with Gasteiger partial charge in [-0.25, -0.2) is 4.98 Å². The lowest BCUT2D eigenvalue weighted by atomic mass is 9.85. The van der Waals surface area contributed by atoms with Gasteiger partial charge in [-0.15, -0.1) is 0 Å². The monoisotopic (exact) mass is 379 g/mol. The van der Waals surface area contributed by atoms with E-state index in [4.69, 9.17) is 4.74 Å². The molecule has 0 spiro atoms. The molecule has 2 atom stereocenters. The number of esters is 1. The van der Waals surface area contributed by atoms with E-state index in [0.717, 1.165) is 19.3 Å². The Morgan fingerprint density at radius 3 is 2.82 bits per heavy atom. The summed E-state index contributed by atoms with van der Waals surface area (Å²) in [7, 11) is 1.38. The molecule has 1 aromatic carbocycles. The number of para-hydroxylation sites is 1. The van der Waals surface area contributed by atoms with Crippen LogP contribution < -0.4 is 10.9 Å². The predicted molar refractivity (Wildman–Crippen MR) is 104 cm³/mol. The van der Waals surface area contributed by atoms with Gasteiger partial charge in [-0.1, -0.05) is 18.6 Å². The van der Waals surface area contributed by atoms with E-state index in [9.17, 15) is 14.4 Å². The molecule has 2 heterocycles. The van der Waals surface area contributed by atoms with Crippen molar-refractivity contribution >= 4 is 28.4 Å². The number of fused-ring (bicyclic) bond motifs is 2. The van der Waals surface area contributed by atoms with Gasteiger partial charge in [0.2, 0.25) is 0 Å². The molecular weight excluding hydrogens is 358 g/mol. The van der Waals surface area contributed by atoms with Crippen LogP contribution in [0.1, 0.15) is 36.0 Å². The van der Waals surface area contributed by atoms with Crippen molar-refractivity contribution in [3.05, 3.63) is 58.5 Å². The fraction of sp³-hybridized carbons (Fsp3) is 0.333. The number of rotatable bonds is 3. The molecule has 1 N–H and O–H groups in total. The highest BCUT2D eigenvalue weighted by Crippen LogP contribution is 2.25. The van der Waals surface area contributed by atoms with Crippen molar-refractivity contribution in [1.29, 1.82) is 0 Å². The quantitative estimate of drug-likeness (QED) is 0.557. The minimum Gasteiger partial charge on any atom is -0.469 e. The van der Waals surface area contributed by atoms with E-state index in [1.165, 1.54) is 11.5 Å². The maximum absolute atomic E-state index is 12.9. The predicted octanol–water partition coefficient (Wildman–Crippen LogP) is 2.31. The number of benzene rings is 1. The highest BCUT2D eigenvalue weighted by atomic mass is 16.5. The van der Waals surface area contributed by atoms with E-state index in [0.29, 0.717) is 28.5 Å². The van der Waals surface area contributed by atoms with Gasteiger partial charge in [0, 0.05) is 12.2 Å². The standard InChI is InChI=1S/C21H21N3O4/c1-28-21(27)13-6-4-7-14(12-13)22-19(25)16-9-5-11-24-18(16)23-17-10-3-2-8-15(17)20(24)26/h2-3,5,8-11,13-14H,4,6-7,12H2,1H3,(H,22,25). The molecule has 144 valence electrons. The zero-order valence-corrected chi connectivity index (χ0v) is 15.6. The first-order chi connectivity index (χ1) is 13.6. The Bertz CT molecular complexity index is 1120. The largest absolute Gasteiger partial charge is 0.469 e. The van der Waals surface area contributed by atoms with Gasteiger partial charge in [0.1, 0.15) is 0 Å². The van der Waals surface area contributed by atoms with Crippen LogP contribution in [0, 0.1) is 5.92 Å². The summed E-state index contributed by atoms with van der Waals surface area (Å²) in [5.41, 5.74) is 1.00. The molecule has 1 fully saturated rings. The minimum atomic E-state index is -0.296. The Morgan fingerprint density at radius 1 is 1.18 bits per heavy atom. The second-order valence-corrected chi connectivity index (χ2v) is 7.11. The second-order valence-electron chi connectivity index (χ2n) is 7.11. The number of hydrogen-bond donors (Lipinski definition) is 1. The summed E-state index contributed by atoms with van der Waals surface area (Å²) in [5, 5.41) is 3.51. The zero-order valence-electron chi connectivity index (χ0n) is 15.6. The molecule has 1 aliphatic carbocycles. The van der Waals surface area contributed by atoms with Crippen LogP contribution in [-0.4, -0.2) is 34.4 Å². The van der Waals surface area contributed by atoms with Gasteiger partial charge in [0.05, 0.1) is 29.5 Å². The van der Waals surface area contributed by atoms with Crippen LogP contribution in [0.5, 0.6) is 0 Å². The molecule has 1 saturated carbocycles. The van der Waals surface area contributed by atoms with Crippen LogP contribution >= 0.6 is 0 Å².